The molecule has 3 heteroatoms. The SMILES string of the molecule is O=C1c2ccccc2-c2c1c1c(O)cccc1n2-c1ccccc1. The number of fused-ring (bicyclic) bond motifs is 5. The van der Waals surface area contributed by atoms with Gasteiger partial charge in [-0.1, -0.05) is 48.5 Å². The smallest absolute Gasteiger partial charge is 0.196 e. The van der Waals surface area contributed by atoms with Crippen LogP contribution in [0.25, 0.3) is 27.8 Å². The first-order chi connectivity index (χ1) is 11.8. The van der Waals surface area contributed by atoms with E-state index in [2.05, 4.69) is 4.57 Å². The van der Waals surface area contributed by atoms with Crippen LogP contribution in [0.4, 0.5) is 0 Å². The van der Waals surface area contributed by atoms with Crippen molar-refractivity contribution in [1.29, 1.82) is 0 Å². The minimum absolute atomic E-state index is 0.0261. The van der Waals surface area contributed by atoms with Crippen molar-refractivity contribution in [2.24, 2.45) is 0 Å². The van der Waals surface area contributed by atoms with Crippen LogP contribution in [0, 0.1) is 0 Å². The van der Waals surface area contributed by atoms with Crippen molar-refractivity contribution in [3.8, 4) is 22.7 Å². The molecule has 1 heterocycles. The Bertz CT molecular complexity index is 1120. The molecular weight excluding hydrogens is 298 g/mol. The van der Waals surface area contributed by atoms with Crippen molar-refractivity contribution in [2.45, 2.75) is 0 Å². The van der Waals surface area contributed by atoms with Gasteiger partial charge in [-0.2, -0.15) is 0 Å². The zero-order chi connectivity index (χ0) is 16.3. The van der Waals surface area contributed by atoms with Gasteiger partial charge in [-0.25, -0.2) is 0 Å². The molecule has 1 aromatic heterocycles. The molecule has 0 fully saturated rings. The first-order valence-electron chi connectivity index (χ1n) is 7.83. The number of aromatic hydroxyl groups is 1. The van der Waals surface area contributed by atoms with E-state index in [4.69, 9.17) is 0 Å². The average Bonchev–Trinajstić information content (AvgIpc) is 3.11. The first-order valence-corrected chi connectivity index (χ1v) is 7.83. The van der Waals surface area contributed by atoms with Gasteiger partial charge in [0, 0.05) is 16.8 Å². The van der Waals surface area contributed by atoms with E-state index in [-0.39, 0.29) is 11.5 Å². The number of para-hydroxylation sites is 1. The Balaban J connectivity index is 2.02. The fourth-order valence-corrected chi connectivity index (χ4v) is 3.67. The summed E-state index contributed by atoms with van der Waals surface area (Å²) in [7, 11) is 0. The van der Waals surface area contributed by atoms with Gasteiger partial charge in [-0.15, -0.1) is 0 Å². The molecule has 0 unspecified atom stereocenters. The van der Waals surface area contributed by atoms with E-state index in [1.807, 2.05) is 66.7 Å². The van der Waals surface area contributed by atoms with Gasteiger partial charge in [0.1, 0.15) is 5.75 Å². The minimum atomic E-state index is -0.0261. The fourth-order valence-electron chi connectivity index (χ4n) is 3.67. The zero-order valence-corrected chi connectivity index (χ0v) is 12.7. The molecule has 0 bridgehead atoms. The molecule has 1 aliphatic carbocycles. The lowest BCUT2D eigenvalue weighted by Crippen LogP contribution is -1.96. The summed E-state index contributed by atoms with van der Waals surface area (Å²) in [4.78, 5) is 13.0. The van der Waals surface area contributed by atoms with Gasteiger partial charge < -0.3 is 9.67 Å². The molecule has 1 N–H and O–H groups in total. The number of benzene rings is 3. The quantitative estimate of drug-likeness (QED) is 0.493. The van der Waals surface area contributed by atoms with E-state index >= 15 is 0 Å². The number of hydrogen-bond donors (Lipinski definition) is 1. The predicted octanol–water partition coefficient (Wildman–Crippen LogP) is 4.55. The van der Waals surface area contributed by atoms with Gasteiger partial charge in [-0.05, 0) is 24.3 Å². The maximum absolute atomic E-state index is 13.0. The molecule has 0 amide bonds. The normalized spacial score (nSPS) is 12.4. The van der Waals surface area contributed by atoms with E-state index in [1.165, 1.54) is 0 Å². The molecule has 0 atom stereocenters. The summed E-state index contributed by atoms with van der Waals surface area (Å²) < 4.78 is 2.06. The lowest BCUT2D eigenvalue weighted by atomic mass is 10.1. The predicted molar refractivity (Wildman–Crippen MR) is 93.8 cm³/mol. The summed E-state index contributed by atoms with van der Waals surface area (Å²) in [6, 6.07) is 22.9. The van der Waals surface area contributed by atoms with Crippen LogP contribution in [-0.4, -0.2) is 15.5 Å². The Labute approximate surface area is 138 Å². The Morgan fingerprint density at radius 1 is 0.750 bits per heavy atom. The zero-order valence-electron chi connectivity index (χ0n) is 12.7. The maximum Gasteiger partial charge on any atom is 0.196 e. The highest BCUT2D eigenvalue weighted by Gasteiger charge is 2.34. The lowest BCUT2D eigenvalue weighted by molar-refractivity contribution is 0.104. The number of ketones is 1. The van der Waals surface area contributed by atoms with Gasteiger partial charge in [0.05, 0.1) is 22.2 Å². The van der Waals surface area contributed by atoms with Crippen LogP contribution in [0.5, 0.6) is 5.75 Å². The number of carbonyl (C=O) groups is 1. The Morgan fingerprint density at radius 3 is 2.25 bits per heavy atom. The second kappa shape index (κ2) is 4.59. The molecule has 0 aliphatic heterocycles. The fraction of sp³-hybridized carbons (Fsp3) is 0. The standard InChI is InChI=1S/C21H13NO2/c23-17-12-6-11-16-18(17)19-20(22(16)13-7-2-1-3-8-13)14-9-4-5-10-15(14)21(19)24/h1-12,23H. The molecular formula is C21H13NO2. The molecule has 0 spiro atoms. The van der Waals surface area contributed by atoms with E-state index < -0.39 is 0 Å². The number of rotatable bonds is 1. The van der Waals surface area contributed by atoms with Crippen molar-refractivity contribution in [2.75, 3.05) is 0 Å². The highest BCUT2D eigenvalue weighted by Crippen LogP contribution is 2.46. The van der Waals surface area contributed by atoms with E-state index in [1.54, 1.807) is 6.07 Å². The van der Waals surface area contributed by atoms with Crippen molar-refractivity contribution >= 4 is 16.7 Å². The number of hydrogen-bond acceptors (Lipinski definition) is 2. The molecule has 5 rings (SSSR count). The number of carbonyl (C=O) groups excluding carboxylic acids is 1. The van der Waals surface area contributed by atoms with Gasteiger partial charge in [-0.3, -0.25) is 4.79 Å². The number of nitrogens with zero attached hydrogens (tertiary/aromatic N) is 1. The van der Waals surface area contributed by atoms with E-state index in [0.29, 0.717) is 16.5 Å². The topological polar surface area (TPSA) is 42.2 Å². The number of aromatic nitrogens is 1. The molecule has 24 heavy (non-hydrogen) atoms. The van der Waals surface area contributed by atoms with Crippen molar-refractivity contribution < 1.29 is 9.90 Å². The summed E-state index contributed by atoms with van der Waals surface area (Å²) in [6.45, 7) is 0. The second-order valence-corrected chi connectivity index (χ2v) is 5.94. The van der Waals surface area contributed by atoms with Crippen molar-refractivity contribution in [3.63, 3.8) is 0 Å². The third kappa shape index (κ3) is 1.53. The summed E-state index contributed by atoms with van der Waals surface area (Å²) in [5, 5.41) is 11.0. The molecule has 1 aliphatic rings. The molecule has 114 valence electrons. The van der Waals surface area contributed by atoms with Crippen LogP contribution >= 0.6 is 0 Å². The van der Waals surface area contributed by atoms with Crippen LogP contribution in [0.2, 0.25) is 0 Å². The van der Waals surface area contributed by atoms with Crippen LogP contribution in [0.3, 0.4) is 0 Å². The van der Waals surface area contributed by atoms with Crippen molar-refractivity contribution in [3.05, 3.63) is 83.9 Å². The van der Waals surface area contributed by atoms with Gasteiger partial charge in [0.25, 0.3) is 0 Å². The third-order valence-electron chi connectivity index (χ3n) is 4.64. The van der Waals surface area contributed by atoms with Crippen LogP contribution in [0.1, 0.15) is 15.9 Å². The molecule has 3 nitrogen and oxygen atoms in total. The summed E-state index contributed by atoms with van der Waals surface area (Å²) in [5.74, 6) is 0.112. The average molecular weight is 311 g/mol. The molecule has 3 aromatic carbocycles. The molecule has 4 aromatic rings. The largest absolute Gasteiger partial charge is 0.507 e. The first kappa shape index (κ1) is 13.1. The number of phenols is 1. The van der Waals surface area contributed by atoms with E-state index in [9.17, 15) is 9.90 Å². The molecule has 0 saturated carbocycles. The summed E-state index contributed by atoms with van der Waals surface area (Å²) in [6.07, 6.45) is 0. The van der Waals surface area contributed by atoms with Crippen molar-refractivity contribution in [1.82, 2.24) is 4.57 Å². The molecule has 0 radical (unpaired) electrons. The maximum atomic E-state index is 13.0. The second-order valence-electron chi connectivity index (χ2n) is 5.94. The van der Waals surface area contributed by atoms with Gasteiger partial charge in [0.2, 0.25) is 0 Å². The Hall–Kier alpha value is -3.33. The lowest BCUT2D eigenvalue weighted by Gasteiger charge is -2.10. The van der Waals surface area contributed by atoms with E-state index in [0.717, 1.165) is 22.5 Å². The molecule has 0 saturated heterocycles. The highest BCUT2D eigenvalue weighted by atomic mass is 16.3. The monoisotopic (exact) mass is 311 g/mol. The van der Waals surface area contributed by atoms with Gasteiger partial charge >= 0.3 is 0 Å². The van der Waals surface area contributed by atoms with Gasteiger partial charge in [0.15, 0.2) is 5.78 Å². The number of phenolic OH excluding ortho intramolecular Hbond substituents is 1. The van der Waals surface area contributed by atoms with Crippen LogP contribution < -0.4 is 0 Å². The summed E-state index contributed by atoms with van der Waals surface area (Å²) in [5.41, 5.74) is 4.87. The Kier molecular flexibility index (Phi) is 2.51. The van der Waals surface area contributed by atoms with Crippen LogP contribution in [0.15, 0.2) is 72.8 Å². The minimum Gasteiger partial charge on any atom is -0.507 e. The Morgan fingerprint density at radius 2 is 1.46 bits per heavy atom. The highest BCUT2D eigenvalue weighted by molar-refractivity contribution is 6.28. The van der Waals surface area contributed by atoms with Crippen LogP contribution in [-0.2, 0) is 0 Å². The third-order valence-corrected chi connectivity index (χ3v) is 4.64. The summed E-state index contributed by atoms with van der Waals surface area (Å²) >= 11 is 0.